The number of carbonyl (C=O) groups is 19. The van der Waals surface area contributed by atoms with E-state index in [1.54, 1.807) is 88.0 Å². The Hall–Kier alpha value is -13.9. The maximum atomic E-state index is 15.8. The van der Waals surface area contributed by atoms with Gasteiger partial charge >= 0.3 is 17.9 Å². The molecule has 0 unspecified atom stereocenters. The van der Waals surface area contributed by atoms with Crippen molar-refractivity contribution >= 4 is 124 Å². The number of carbonyl (C=O) groups excluding carboxylic acids is 16. The Balaban J connectivity index is 1.26. The van der Waals surface area contributed by atoms with Gasteiger partial charge in [-0.3, -0.25) is 86.4 Å². The molecule has 150 heavy (non-hydrogen) atoms. The average molecular weight is 2110 g/mol. The number of hydrogen-bond acceptors (Lipinski definition) is 27. The topological polar surface area (TPSA) is 734 Å². The van der Waals surface area contributed by atoms with Gasteiger partial charge in [0.05, 0.1) is 36.5 Å². The van der Waals surface area contributed by atoms with Gasteiger partial charge < -0.3 is 134 Å². The molecule has 5 aromatic rings. The summed E-state index contributed by atoms with van der Waals surface area (Å²) in [5.41, 5.74) is 39.0. The molecule has 45 nitrogen and oxygen atoms in total. The molecule has 0 spiro atoms. The van der Waals surface area contributed by atoms with Crippen LogP contribution in [0.15, 0.2) is 127 Å². The number of amides is 16. The quantitative estimate of drug-likeness (QED) is 0.0211. The summed E-state index contributed by atoms with van der Waals surface area (Å²) in [6, 6.07) is 8.55. The highest BCUT2D eigenvalue weighted by molar-refractivity contribution is 8.00. The first kappa shape index (κ1) is 121. The van der Waals surface area contributed by atoms with E-state index in [1.807, 2.05) is 30.3 Å². The molecule has 0 radical (unpaired) electrons. The van der Waals surface area contributed by atoms with Crippen molar-refractivity contribution in [1.29, 1.82) is 0 Å². The summed E-state index contributed by atoms with van der Waals surface area (Å²) >= 11 is 0.737. The van der Waals surface area contributed by atoms with Gasteiger partial charge in [-0.05, 0) is 179 Å². The average Bonchev–Trinajstić information content (AvgIpc) is 0.841. The zero-order chi connectivity index (χ0) is 110. The van der Waals surface area contributed by atoms with E-state index in [9.17, 15) is 53.7 Å². The number of thioether (sulfide) groups is 1. The molecule has 0 aromatic heterocycles. The SMILES string of the molecule is Cc1cccc(C[C@@H]2NC(=O)[C@H](CC(=O)O)NC(=O)[C@H](Cc3ccc(C(=O)O)cc3)NC(=O)[C@H](CN3CCOCC3)NC(=O)CSC[C@@H](C(=O)N[C@@H](CCN)C(N)=O)NC(=O)[C@H](CCCN)NC(=O)[C@H](C(C)C)NC(=O)[C@H](CC3CCCCC3)NC(=O)[C@H](CCN)NC(=O)[C@@H](CC(C)C)NC(=O)[C@H](CCCN)NC(=O)[C@H](CCCN)NC(=O)[C@H](Cc3ccc(-c4ccccc4)cc3)NC(=O)[C@H](Cc3ccc(C(=O)O)cc3)NC2=O)c1. The van der Waals surface area contributed by atoms with Crippen molar-refractivity contribution in [3.63, 3.8) is 0 Å². The molecule has 3 aliphatic rings. The minimum absolute atomic E-state index is 0.0126. The van der Waals surface area contributed by atoms with Crippen LogP contribution in [0.1, 0.15) is 179 Å². The van der Waals surface area contributed by atoms with E-state index >= 15 is 52.7 Å². The zero-order valence-electron chi connectivity index (χ0n) is 85.5. The van der Waals surface area contributed by atoms with E-state index in [2.05, 4.69) is 79.8 Å². The van der Waals surface area contributed by atoms with Gasteiger partial charge in [-0.25, -0.2) is 9.59 Å². The van der Waals surface area contributed by atoms with E-state index in [1.165, 1.54) is 48.5 Å². The predicted molar refractivity (Wildman–Crippen MR) is 557 cm³/mol. The molecule has 1 saturated carbocycles. The summed E-state index contributed by atoms with van der Waals surface area (Å²) in [5, 5.41) is 70.8. The fourth-order valence-electron chi connectivity index (χ4n) is 17.6. The zero-order valence-corrected chi connectivity index (χ0v) is 86.3. The molecular formula is C104H148N22O23S. The number of hydrogen-bond donors (Lipinski definition) is 24. The fraction of sp³-hybridized carbons (Fsp3) is 0.529. The van der Waals surface area contributed by atoms with Crippen LogP contribution in [-0.4, -0.2) is 300 Å². The smallest absolute Gasteiger partial charge is 0.335 e. The van der Waals surface area contributed by atoms with Crippen LogP contribution in [0.4, 0.5) is 0 Å². The second kappa shape index (κ2) is 62.5. The van der Waals surface area contributed by atoms with Gasteiger partial charge in [-0.15, -0.1) is 11.8 Å². The van der Waals surface area contributed by atoms with Crippen molar-refractivity contribution in [2.75, 3.05) is 77.1 Å². The van der Waals surface area contributed by atoms with Crippen LogP contribution in [0.25, 0.3) is 11.1 Å². The van der Waals surface area contributed by atoms with Crippen molar-refractivity contribution < 1.29 is 111 Å². The lowest BCUT2D eigenvalue weighted by Crippen LogP contribution is -2.62. The minimum atomic E-state index is -2.16. The highest BCUT2D eigenvalue weighted by Gasteiger charge is 2.42. The second-order valence-electron chi connectivity index (χ2n) is 38.8. The van der Waals surface area contributed by atoms with E-state index in [0.29, 0.717) is 29.5 Å². The number of nitrogens with two attached hydrogens (primary N) is 6. The molecule has 8 rings (SSSR count). The van der Waals surface area contributed by atoms with Crippen LogP contribution in [0.3, 0.4) is 0 Å². The van der Waals surface area contributed by atoms with Crippen LogP contribution >= 0.6 is 11.8 Å². The number of rotatable bonds is 36. The van der Waals surface area contributed by atoms with Crippen molar-refractivity contribution in [3.8, 4) is 11.1 Å². The number of primary amides is 1. The molecule has 5 aromatic carbocycles. The second-order valence-corrected chi connectivity index (χ2v) is 39.8. The number of nitrogens with zero attached hydrogens (tertiary/aromatic N) is 1. The molecular weight excluding hydrogens is 1960 g/mol. The molecule has 46 heteroatoms. The van der Waals surface area contributed by atoms with Crippen molar-refractivity contribution in [2.45, 2.75) is 254 Å². The molecule has 2 heterocycles. The minimum Gasteiger partial charge on any atom is -0.481 e. The van der Waals surface area contributed by atoms with Crippen LogP contribution in [-0.2, 0) is 112 Å². The number of morpholine rings is 1. The molecule has 818 valence electrons. The third-order valence-electron chi connectivity index (χ3n) is 25.9. The first-order valence-electron chi connectivity index (χ1n) is 51.0. The molecule has 0 bridgehead atoms. The largest absolute Gasteiger partial charge is 0.481 e. The summed E-state index contributed by atoms with van der Waals surface area (Å²) < 4.78 is 5.60. The molecule has 2 aliphatic heterocycles. The van der Waals surface area contributed by atoms with Crippen LogP contribution in [0.2, 0.25) is 0 Å². The number of carboxylic acid groups (broad SMARTS) is 3. The molecule has 30 N–H and O–H groups in total. The fourth-order valence-corrected chi connectivity index (χ4v) is 18.5. The van der Waals surface area contributed by atoms with Gasteiger partial charge in [0.15, 0.2) is 0 Å². The van der Waals surface area contributed by atoms with Gasteiger partial charge in [0, 0.05) is 51.1 Å². The molecule has 2 saturated heterocycles. The number of aryl methyl sites for hydroxylation is 1. The Morgan fingerprint density at radius 3 is 1.27 bits per heavy atom. The van der Waals surface area contributed by atoms with Crippen molar-refractivity contribution in [3.05, 3.63) is 166 Å². The third kappa shape index (κ3) is 40.5. The van der Waals surface area contributed by atoms with Crippen molar-refractivity contribution in [2.24, 2.45) is 52.2 Å². The first-order valence-corrected chi connectivity index (χ1v) is 52.1. The third-order valence-corrected chi connectivity index (χ3v) is 26.9. The Morgan fingerprint density at radius 2 is 0.827 bits per heavy atom. The number of benzene rings is 5. The van der Waals surface area contributed by atoms with Crippen LogP contribution in [0, 0.1) is 24.7 Å². The van der Waals surface area contributed by atoms with Crippen LogP contribution in [0.5, 0.6) is 0 Å². The molecule has 16 amide bonds. The van der Waals surface area contributed by atoms with Gasteiger partial charge in [-0.2, -0.15) is 0 Å². The summed E-state index contributed by atoms with van der Waals surface area (Å²) in [6.07, 6.45) is 0.128. The Bertz CT molecular complexity index is 5390. The maximum Gasteiger partial charge on any atom is 0.335 e. The highest BCUT2D eigenvalue weighted by Crippen LogP contribution is 2.29. The number of aliphatic carboxylic acids is 1. The number of aromatic carboxylic acids is 2. The summed E-state index contributed by atoms with van der Waals surface area (Å²) in [6.45, 7) is 8.47. The van der Waals surface area contributed by atoms with Gasteiger partial charge in [0.25, 0.3) is 0 Å². The molecule has 15 atom stereocenters. The van der Waals surface area contributed by atoms with Gasteiger partial charge in [-0.1, -0.05) is 168 Å². The summed E-state index contributed by atoms with van der Waals surface area (Å²) in [7, 11) is 0. The number of carboxylic acids is 3. The predicted octanol–water partition coefficient (Wildman–Crippen LogP) is -1.77. The monoisotopic (exact) mass is 2110 g/mol. The van der Waals surface area contributed by atoms with E-state index in [4.69, 9.17) is 39.1 Å². The summed E-state index contributed by atoms with van der Waals surface area (Å²) in [5.74, 6) is -22.8. The van der Waals surface area contributed by atoms with Gasteiger partial charge in [0.2, 0.25) is 94.5 Å². The Labute approximate surface area is 875 Å². The van der Waals surface area contributed by atoms with E-state index in [-0.39, 0.29) is 170 Å². The van der Waals surface area contributed by atoms with E-state index in [0.717, 1.165) is 42.2 Å². The van der Waals surface area contributed by atoms with Crippen molar-refractivity contribution in [1.82, 2.24) is 84.7 Å². The highest BCUT2D eigenvalue weighted by atomic mass is 32.2. The molecule has 1 aliphatic carbocycles. The number of nitrogens with one attached hydrogen (secondary N) is 15. The number of ether oxygens (including phenoxy) is 1. The lowest BCUT2D eigenvalue weighted by molar-refractivity contribution is -0.141. The molecule has 3 fully saturated rings. The van der Waals surface area contributed by atoms with E-state index < -0.39 is 246 Å². The lowest BCUT2D eigenvalue weighted by atomic mass is 9.84. The maximum absolute atomic E-state index is 15.8. The normalized spacial score (nSPS) is 23.5. The van der Waals surface area contributed by atoms with Crippen LogP contribution < -0.4 is 114 Å². The standard InChI is InChI=1S/C104H148N22O23S/c1-59(2)48-76-93(135)115-75(38-43-109)92(134)118-80(50-62-17-8-6-9-18-62)99(141)125-87(60(3)4)102(144)116-74(24-15-41-107)91(133)124-84(101(143)112-71(37-42-108)88(110)130)57-150-58-85(127)111-83(56-126-44-46-149-47-45-126)100(142)122-79(53-65-29-35-70(36-30-65)104(147)148)96(138)123-82(55-86(128)129)98(140)121-81(54-66-19-12-16-61(5)49-66)97(139)120-78(52-64-27-33-69(34-28-64)103(145)146)95(137)119-77(51-63-25-31-68(32-26-63)67-20-10-7-11-21-67)94(136)114-72(22-13-39-105)89(131)113-73(23-14-40-106)90(132)117-76/h7,10-12,16,19-21,25-36,49,59-60,62,71-84,87H,6,8-9,13-15,17-18,22-24,37-48,50-58,105-109H2,1-5H3,(H2,110,130)(H,111,127)(H,112,143)(H,113,131)(H,114,136)(H,115,135)(H,116,144)(H,117,132)(H,118,134)(H,119,137)(H,120,139)(H,121,140)(H,122,142)(H,123,138)(H,124,133)(H,125,141)(H,128,129)(H,145,146)(H,147,148)/t71-,72-,73-,74-,75-,76+,77-,78-,79-,80-,81-,82-,83-,84-,87-/m0/s1. The first-order chi connectivity index (χ1) is 71.7. The summed E-state index contributed by atoms with van der Waals surface area (Å²) in [4.78, 5) is 280. The lowest BCUT2D eigenvalue weighted by Gasteiger charge is -2.31. The van der Waals surface area contributed by atoms with Gasteiger partial charge in [0.1, 0.15) is 90.6 Å². The Kier molecular flexibility index (Phi) is 50.6. The Morgan fingerprint density at radius 1 is 0.420 bits per heavy atom.